The Morgan fingerprint density at radius 1 is 1.19 bits per heavy atom. The van der Waals surface area contributed by atoms with Gasteiger partial charge in [0, 0.05) is 14.0 Å². The van der Waals surface area contributed by atoms with Gasteiger partial charge >= 0.3 is 12.1 Å². The minimum atomic E-state index is -1.17. The summed E-state index contributed by atoms with van der Waals surface area (Å²) in [5, 5.41) is 9.42. The van der Waals surface area contributed by atoms with E-state index < -0.39 is 28.5 Å². The van der Waals surface area contributed by atoms with Gasteiger partial charge in [-0.1, -0.05) is 0 Å². The van der Waals surface area contributed by atoms with E-state index in [1.165, 1.54) is 14.0 Å². The first-order valence-electron chi connectivity index (χ1n) is 6.41. The summed E-state index contributed by atoms with van der Waals surface area (Å²) in [7, 11) is 1.36. The summed E-state index contributed by atoms with van der Waals surface area (Å²) < 4.78 is 6.74. The van der Waals surface area contributed by atoms with Crippen molar-refractivity contribution in [2.45, 2.75) is 57.9 Å². The molecule has 0 aliphatic heterocycles. The molecular formula is C13H24N2O5S. The molecule has 122 valence electrons. The molecule has 0 aliphatic carbocycles. The molecule has 0 aromatic heterocycles. The third-order valence-electron chi connectivity index (χ3n) is 2.42. The van der Waals surface area contributed by atoms with E-state index in [1.807, 2.05) is 0 Å². The first-order valence-corrected chi connectivity index (χ1v) is 7.23. The van der Waals surface area contributed by atoms with Gasteiger partial charge < -0.3 is 9.84 Å². The van der Waals surface area contributed by atoms with E-state index in [-0.39, 0.29) is 5.91 Å². The van der Waals surface area contributed by atoms with Gasteiger partial charge in [-0.15, -0.1) is 0 Å². The van der Waals surface area contributed by atoms with Gasteiger partial charge in [-0.25, -0.2) is 9.59 Å². The number of ether oxygens (including phenoxy) is 1. The Labute approximate surface area is 129 Å². The number of amides is 2. The first kappa shape index (κ1) is 19.6. The summed E-state index contributed by atoms with van der Waals surface area (Å²) in [6.07, 6.45) is -0.730. The van der Waals surface area contributed by atoms with Crippen LogP contribution in [0.15, 0.2) is 0 Å². The molecule has 0 radical (unpaired) electrons. The molecule has 0 aliphatic rings. The van der Waals surface area contributed by atoms with Gasteiger partial charge in [-0.2, -0.15) is 0 Å². The zero-order chi connectivity index (χ0) is 17.0. The highest BCUT2D eigenvalue weighted by Crippen LogP contribution is 2.29. The number of carboxylic acids is 1. The molecule has 8 heteroatoms. The third-order valence-corrected chi connectivity index (χ3v) is 3.56. The van der Waals surface area contributed by atoms with Crippen LogP contribution in [0.25, 0.3) is 0 Å². The first-order chi connectivity index (χ1) is 9.28. The van der Waals surface area contributed by atoms with Crippen molar-refractivity contribution in [3.05, 3.63) is 0 Å². The van der Waals surface area contributed by atoms with Gasteiger partial charge in [0.1, 0.15) is 11.6 Å². The van der Waals surface area contributed by atoms with Gasteiger partial charge in [-0.05, 0) is 46.6 Å². The summed E-state index contributed by atoms with van der Waals surface area (Å²) >= 11 is 0.957. The van der Waals surface area contributed by atoms with E-state index in [4.69, 9.17) is 4.74 Å². The number of nitrogens with zero attached hydrogens (tertiary/aromatic N) is 1. The minimum Gasteiger partial charge on any atom is -0.480 e. The van der Waals surface area contributed by atoms with Crippen molar-refractivity contribution in [2.75, 3.05) is 7.05 Å². The van der Waals surface area contributed by atoms with Gasteiger partial charge in [0.05, 0.1) is 4.75 Å². The van der Waals surface area contributed by atoms with Crippen LogP contribution in [0, 0.1) is 0 Å². The molecule has 0 saturated heterocycles. The standard InChI is InChI=1S/C13H24N2O5S/c1-8(16)14-21-13(5,6)9(10(17)18)15(7)11(19)20-12(2,3)4/h9H,1-7H3,(H,14,16)(H,17,18). The molecule has 21 heavy (non-hydrogen) atoms. The zero-order valence-electron chi connectivity index (χ0n) is 13.5. The molecular weight excluding hydrogens is 296 g/mol. The van der Waals surface area contributed by atoms with Crippen molar-refractivity contribution >= 4 is 29.9 Å². The highest BCUT2D eigenvalue weighted by atomic mass is 32.2. The molecule has 2 amide bonds. The SMILES string of the molecule is CC(=O)NSC(C)(C)C(C(=O)O)N(C)C(=O)OC(C)(C)C. The Morgan fingerprint density at radius 2 is 1.67 bits per heavy atom. The molecule has 0 rings (SSSR count). The van der Waals surface area contributed by atoms with E-state index in [1.54, 1.807) is 34.6 Å². The quantitative estimate of drug-likeness (QED) is 0.751. The van der Waals surface area contributed by atoms with Gasteiger partial charge in [0.25, 0.3) is 0 Å². The second-order valence-corrected chi connectivity index (χ2v) is 7.66. The Balaban J connectivity index is 5.16. The van der Waals surface area contributed by atoms with E-state index in [2.05, 4.69) is 4.72 Å². The highest BCUT2D eigenvalue weighted by Gasteiger charge is 2.42. The molecule has 7 nitrogen and oxygen atoms in total. The maximum atomic E-state index is 12.0. The monoisotopic (exact) mass is 320 g/mol. The number of carbonyl (C=O) groups is 3. The molecule has 0 saturated carbocycles. The maximum absolute atomic E-state index is 12.0. The van der Waals surface area contributed by atoms with Crippen molar-refractivity contribution in [1.29, 1.82) is 0 Å². The van der Waals surface area contributed by atoms with Crippen molar-refractivity contribution in [2.24, 2.45) is 0 Å². The topological polar surface area (TPSA) is 95.9 Å². The van der Waals surface area contributed by atoms with E-state index in [0.717, 1.165) is 16.8 Å². The Morgan fingerprint density at radius 3 is 2.00 bits per heavy atom. The van der Waals surface area contributed by atoms with Crippen LogP contribution >= 0.6 is 11.9 Å². The Kier molecular flexibility index (Phi) is 6.54. The number of carboxylic acid groups (broad SMARTS) is 1. The third kappa shape index (κ3) is 6.70. The van der Waals surface area contributed by atoms with Crippen LogP contribution in [-0.2, 0) is 14.3 Å². The molecule has 0 spiro atoms. The lowest BCUT2D eigenvalue weighted by Crippen LogP contribution is -2.55. The maximum Gasteiger partial charge on any atom is 0.410 e. The largest absolute Gasteiger partial charge is 0.480 e. The normalized spacial score (nSPS) is 13.3. The van der Waals surface area contributed by atoms with Crippen LogP contribution in [0.4, 0.5) is 4.79 Å². The van der Waals surface area contributed by atoms with Crippen molar-refractivity contribution < 1.29 is 24.2 Å². The van der Waals surface area contributed by atoms with Crippen LogP contribution in [0.2, 0.25) is 0 Å². The number of hydrogen-bond acceptors (Lipinski definition) is 5. The summed E-state index contributed by atoms with van der Waals surface area (Å²) in [6, 6.07) is -1.16. The van der Waals surface area contributed by atoms with Crippen LogP contribution in [0.5, 0.6) is 0 Å². The van der Waals surface area contributed by atoms with Crippen LogP contribution in [0.3, 0.4) is 0 Å². The van der Waals surface area contributed by atoms with Crippen LogP contribution < -0.4 is 4.72 Å². The fourth-order valence-electron chi connectivity index (χ4n) is 1.63. The van der Waals surface area contributed by atoms with Gasteiger partial charge in [0.15, 0.2) is 0 Å². The van der Waals surface area contributed by atoms with Crippen LogP contribution in [-0.4, -0.2) is 51.4 Å². The average molecular weight is 320 g/mol. The lowest BCUT2D eigenvalue weighted by Gasteiger charge is -2.37. The highest BCUT2D eigenvalue weighted by molar-refractivity contribution is 7.99. The summed E-state index contributed by atoms with van der Waals surface area (Å²) in [6.45, 7) is 9.69. The second-order valence-electron chi connectivity index (χ2n) is 6.20. The van der Waals surface area contributed by atoms with Crippen molar-refractivity contribution in [3.63, 3.8) is 0 Å². The fraction of sp³-hybridized carbons (Fsp3) is 0.769. The number of hydrogen-bond donors (Lipinski definition) is 2. The number of carbonyl (C=O) groups excluding carboxylic acids is 2. The molecule has 1 atom stereocenters. The molecule has 0 heterocycles. The molecule has 2 N–H and O–H groups in total. The number of nitrogens with one attached hydrogen (secondary N) is 1. The van der Waals surface area contributed by atoms with Crippen molar-refractivity contribution in [1.82, 2.24) is 9.62 Å². The predicted octanol–water partition coefficient (Wildman–Crippen LogP) is 1.87. The molecule has 0 fully saturated rings. The Bertz CT molecular complexity index is 417. The van der Waals surface area contributed by atoms with Gasteiger partial charge in [0.2, 0.25) is 5.91 Å². The fourth-order valence-corrected chi connectivity index (χ4v) is 2.41. The van der Waals surface area contributed by atoms with E-state index in [9.17, 15) is 19.5 Å². The second kappa shape index (κ2) is 7.02. The van der Waals surface area contributed by atoms with E-state index >= 15 is 0 Å². The number of likely N-dealkylation sites (N-methyl/N-ethyl adjacent to an activating group) is 1. The molecule has 0 aromatic carbocycles. The van der Waals surface area contributed by atoms with Gasteiger partial charge in [-0.3, -0.25) is 14.4 Å². The summed E-state index contributed by atoms with van der Waals surface area (Å²) in [5.41, 5.74) is -0.719. The minimum absolute atomic E-state index is 0.294. The summed E-state index contributed by atoms with van der Waals surface area (Å²) in [4.78, 5) is 35.6. The lowest BCUT2D eigenvalue weighted by atomic mass is 10.0. The molecule has 0 bridgehead atoms. The smallest absolute Gasteiger partial charge is 0.410 e. The Hall–Kier alpha value is -1.44. The van der Waals surface area contributed by atoms with E-state index in [0.29, 0.717) is 0 Å². The van der Waals surface area contributed by atoms with Crippen molar-refractivity contribution in [3.8, 4) is 0 Å². The average Bonchev–Trinajstić information content (AvgIpc) is 2.23. The predicted molar refractivity (Wildman–Crippen MR) is 80.9 cm³/mol. The molecule has 0 aromatic rings. The molecule has 1 unspecified atom stereocenters. The lowest BCUT2D eigenvalue weighted by molar-refractivity contribution is -0.143. The zero-order valence-corrected chi connectivity index (χ0v) is 14.3. The number of rotatable bonds is 5. The summed E-state index contributed by atoms with van der Waals surface area (Å²) in [5.74, 6) is -1.47. The number of aliphatic carboxylic acids is 1. The van der Waals surface area contributed by atoms with Crippen LogP contribution in [0.1, 0.15) is 41.5 Å².